The van der Waals surface area contributed by atoms with Gasteiger partial charge in [0.05, 0.1) is 10.7 Å². The molecule has 0 radical (unpaired) electrons. The number of pyridine rings is 1. The van der Waals surface area contributed by atoms with Crippen molar-refractivity contribution in [3.05, 3.63) is 34.7 Å². The SMILES string of the molecule is CNC(=O)[C@@H]1C[C@@H](N)CN1C(=O)c1c(C)nc2ccc(Cl)cn12. The third-order valence-electron chi connectivity index (χ3n) is 4.10. The van der Waals surface area contributed by atoms with Crippen LogP contribution in [0.4, 0.5) is 0 Å². The average Bonchev–Trinajstić information content (AvgIpc) is 3.05. The number of likely N-dealkylation sites (N-methyl/N-ethyl adjacent to an activating group) is 1. The first-order chi connectivity index (χ1) is 10.9. The van der Waals surface area contributed by atoms with Crippen molar-refractivity contribution in [3.8, 4) is 0 Å². The molecular weight excluding hydrogens is 318 g/mol. The number of carbonyl (C=O) groups is 2. The van der Waals surface area contributed by atoms with E-state index in [1.54, 1.807) is 36.7 Å². The van der Waals surface area contributed by atoms with Crippen molar-refractivity contribution in [1.82, 2.24) is 19.6 Å². The van der Waals surface area contributed by atoms with Crippen LogP contribution in [-0.2, 0) is 4.79 Å². The number of nitrogens with one attached hydrogen (secondary N) is 1. The molecule has 2 atom stereocenters. The van der Waals surface area contributed by atoms with E-state index in [4.69, 9.17) is 17.3 Å². The van der Waals surface area contributed by atoms with E-state index in [1.807, 2.05) is 0 Å². The Balaban J connectivity index is 2.04. The van der Waals surface area contributed by atoms with E-state index < -0.39 is 6.04 Å². The van der Waals surface area contributed by atoms with Gasteiger partial charge in [0.15, 0.2) is 0 Å². The largest absolute Gasteiger partial charge is 0.357 e. The molecular formula is C15H18ClN5O2. The summed E-state index contributed by atoms with van der Waals surface area (Å²) >= 11 is 6.03. The highest BCUT2D eigenvalue weighted by atomic mass is 35.5. The minimum absolute atomic E-state index is 0.212. The van der Waals surface area contributed by atoms with E-state index in [9.17, 15) is 9.59 Å². The van der Waals surface area contributed by atoms with Crippen LogP contribution < -0.4 is 11.1 Å². The molecule has 8 heteroatoms. The fraction of sp³-hybridized carbons (Fsp3) is 0.400. The first kappa shape index (κ1) is 15.8. The second kappa shape index (κ2) is 5.82. The zero-order chi connectivity index (χ0) is 16.7. The number of aryl methyl sites for hydroxylation is 1. The number of amides is 2. The van der Waals surface area contributed by atoms with E-state index in [-0.39, 0.29) is 17.9 Å². The summed E-state index contributed by atoms with van der Waals surface area (Å²) in [6.07, 6.45) is 2.09. The van der Waals surface area contributed by atoms with Crippen LogP contribution in [0.15, 0.2) is 18.3 Å². The van der Waals surface area contributed by atoms with Gasteiger partial charge >= 0.3 is 0 Å². The molecule has 2 amide bonds. The number of rotatable bonds is 2. The number of fused-ring (bicyclic) bond motifs is 1. The molecule has 1 aliphatic rings. The number of hydrogen-bond donors (Lipinski definition) is 2. The van der Waals surface area contributed by atoms with Crippen LogP contribution in [0.5, 0.6) is 0 Å². The second-order valence-electron chi connectivity index (χ2n) is 5.70. The molecule has 3 N–H and O–H groups in total. The Hall–Kier alpha value is -2.12. The van der Waals surface area contributed by atoms with E-state index in [0.29, 0.717) is 35.0 Å². The Bertz CT molecular complexity index is 788. The highest BCUT2D eigenvalue weighted by Crippen LogP contribution is 2.23. The Morgan fingerprint density at radius 1 is 1.43 bits per heavy atom. The predicted octanol–water partition coefficient (Wildman–Crippen LogP) is 0.584. The van der Waals surface area contributed by atoms with E-state index in [1.165, 1.54) is 4.90 Å². The Labute approximate surface area is 138 Å². The molecule has 1 saturated heterocycles. The van der Waals surface area contributed by atoms with Gasteiger partial charge in [-0.25, -0.2) is 4.98 Å². The number of hydrogen-bond acceptors (Lipinski definition) is 4. The van der Waals surface area contributed by atoms with Gasteiger partial charge in [0.25, 0.3) is 5.91 Å². The van der Waals surface area contributed by atoms with Crippen molar-refractivity contribution in [3.63, 3.8) is 0 Å². The molecule has 0 aliphatic carbocycles. The van der Waals surface area contributed by atoms with E-state index >= 15 is 0 Å². The van der Waals surface area contributed by atoms with Gasteiger partial charge in [-0.05, 0) is 25.5 Å². The Kier molecular flexibility index (Phi) is 3.99. The Morgan fingerprint density at radius 2 is 2.17 bits per heavy atom. The van der Waals surface area contributed by atoms with Crippen LogP contribution in [0.25, 0.3) is 5.65 Å². The molecule has 0 bridgehead atoms. The average molecular weight is 336 g/mol. The zero-order valence-corrected chi connectivity index (χ0v) is 13.7. The molecule has 122 valence electrons. The Morgan fingerprint density at radius 3 is 2.87 bits per heavy atom. The van der Waals surface area contributed by atoms with Crippen LogP contribution >= 0.6 is 11.6 Å². The lowest BCUT2D eigenvalue weighted by Crippen LogP contribution is -2.45. The lowest BCUT2D eigenvalue weighted by atomic mass is 10.1. The third kappa shape index (κ3) is 2.66. The highest BCUT2D eigenvalue weighted by molar-refractivity contribution is 6.30. The molecule has 0 spiro atoms. The molecule has 1 aliphatic heterocycles. The minimum Gasteiger partial charge on any atom is -0.357 e. The number of imidazole rings is 1. The summed E-state index contributed by atoms with van der Waals surface area (Å²) in [6, 6.07) is 2.69. The van der Waals surface area contributed by atoms with Crippen LogP contribution in [0.1, 0.15) is 22.6 Å². The molecule has 1 fully saturated rings. The minimum atomic E-state index is -0.563. The number of likely N-dealkylation sites (tertiary alicyclic amines) is 1. The monoisotopic (exact) mass is 335 g/mol. The normalized spacial score (nSPS) is 21.0. The van der Waals surface area contributed by atoms with Gasteiger partial charge in [-0.3, -0.25) is 14.0 Å². The molecule has 7 nitrogen and oxygen atoms in total. The maximum atomic E-state index is 13.0. The molecule has 3 rings (SSSR count). The zero-order valence-electron chi connectivity index (χ0n) is 12.9. The summed E-state index contributed by atoms with van der Waals surface area (Å²) in [5.74, 6) is -0.477. The van der Waals surface area contributed by atoms with Gasteiger partial charge in [0.1, 0.15) is 17.4 Å². The molecule has 2 aromatic heterocycles. The van der Waals surface area contributed by atoms with Crippen molar-refractivity contribution in [1.29, 1.82) is 0 Å². The lowest BCUT2D eigenvalue weighted by Gasteiger charge is -2.23. The van der Waals surface area contributed by atoms with Crippen molar-refractivity contribution < 1.29 is 9.59 Å². The van der Waals surface area contributed by atoms with Gasteiger partial charge in [0.2, 0.25) is 5.91 Å². The number of aromatic nitrogens is 2. The van der Waals surface area contributed by atoms with E-state index in [0.717, 1.165) is 0 Å². The lowest BCUT2D eigenvalue weighted by molar-refractivity contribution is -0.124. The first-order valence-electron chi connectivity index (χ1n) is 7.34. The molecule has 0 aromatic carbocycles. The standard InChI is InChI=1S/C15H18ClN5O2/c1-8-13(21-6-9(16)3-4-12(21)19-8)15(23)20-7-10(17)5-11(20)14(22)18-2/h3-4,6,10-11H,5,7,17H2,1-2H3,(H,18,22)/t10-,11+/m1/s1. The van der Waals surface area contributed by atoms with Gasteiger partial charge in [-0.2, -0.15) is 0 Å². The highest BCUT2D eigenvalue weighted by Gasteiger charge is 2.39. The van der Waals surface area contributed by atoms with Crippen LogP contribution in [-0.4, -0.2) is 51.8 Å². The molecule has 3 heterocycles. The summed E-state index contributed by atoms with van der Waals surface area (Å²) in [6.45, 7) is 2.10. The third-order valence-corrected chi connectivity index (χ3v) is 4.33. The van der Waals surface area contributed by atoms with E-state index in [2.05, 4.69) is 10.3 Å². The summed E-state index contributed by atoms with van der Waals surface area (Å²) in [4.78, 5) is 31.0. The second-order valence-corrected chi connectivity index (χ2v) is 6.14. The molecule has 0 unspecified atom stereocenters. The van der Waals surface area contributed by atoms with Gasteiger partial charge < -0.3 is 16.0 Å². The number of carbonyl (C=O) groups excluding carboxylic acids is 2. The maximum absolute atomic E-state index is 13.0. The van der Waals surface area contributed by atoms with Crippen molar-refractivity contribution in [2.24, 2.45) is 5.73 Å². The summed E-state index contributed by atoms with van der Waals surface area (Å²) in [5, 5.41) is 3.09. The van der Waals surface area contributed by atoms with Crippen LogP contribution in [0.2, 0.25) is 5.02 Å². The van der Waals surface area contributed by atoms with Crippen molar-refractivity contribution in [2.45, 2.75) is 25.4 Å². The molecule has 23 heavy (non-hydrogen) atoms. The predicted molar refractivity (Wildman–Crippen MR) is 86.4 cm³/mol. The number of nitrogens with two attached hydrogens (primary N) is 1. The topological polar surface area (TPSA) is 92.7 Å². The summed E-state index contributed by atoms with van der Waals surface area (Å²) in [5.41, 5.74) is 7.59. The summed E-state index contributed by atoms with van der Waals surface area (Å²) in [7, 11) is 1.55. The van der Waals surface area contributed by atoms with Gasteiger partial charge in [-0.1, -0.05) is 11.6 Å². The molecule has 2 aromatic rings. The maximum Gasteiger partial charge on any atom is 0.273 e. The fourth-order valence-electron chi connectivity index (χ4n) is 3.04. The quantitative estimate of drug-likeness (QED) is 0.839. The van der Waals surface area contributed by atoms with Crippen LogP contribution in [0.3, 0.4) is 0 Å². The van der Waals surface area contributed by atoms with Crippen LogP contribution in [0, 0.1) is 6.92 Å². The van der Waals surface area contributed by atoms with Gasteiger partial charge in [0, 0.05) is 25.8 Å². The summed E-state index contributed by atoms with van der Waals surface area (Å²) < 4.78 is 1.66. The van der Waals surface area contributed by atoms with Crippen molar-refractivity contribution in [2.75, 3.05) is 13.6 Å². The number of nitrogens with zero attached hydrogens (tertiary/aromatic N) is 3. The fourth-order valence-corrected chi connectivity index (χ4v) is 3.20. The smallest absolute Gasteiger partial charge is 0.273 e. The number of halogens is 1. The van der Waals surface area contributed by atoms with Crippen molar-refractivity contribution >= 4 is 29.1 Å². The van der Waals surface area contributed by atoms with Gasteiger partial charge in [-0.15, -0.1) is 0 Å². The first-order valence-corrected chi connectivity index (χ1v) is 7.72. The molecule has 0 saturated carbocycles.